The normalized spacial score (nSPS) is 14.7. The third-order valence-electron chi connectivity index (χ3n) is 9.59. The number of carbonyl (C=O) groups is 1. The van der Waals surface area contributed by atoms with Crippen LogP contribution in [0, 0.1) is 19.3 Å². The maximum atomic E-state index is 13.4. The van der Waals surface area contributed by atoms with Gasteiger partial charge in [-0.2, -0.15) is 4.98 Å². The van der Waals surface area contributed by atoms with Crippen molar-refractivity contribution in [2.45, 2.75) is 90.1 Å². The summed E-state index contributed by atoms with van der Waals surface area (Å²) in [6.07, 6.45) is 7.24. The first-order valence-electron chi connectivity index (χ1n) is 17.2. The maximum absolute atomic E-state index is 13.4. The van der Waals surface area contributed by atoms with Crippen molar-refractivity contribution in [3.63, 3.8) is 0 Å². The van der Waals surface area contributed by atoms with E-state index in [0.717, 1.165) is 52.6 Å². The van der Waals surface area contributed by atoms with E-state index in [1.54, 1.807) is 12.3 Å². The van der Waals surface area contributed by atoms with E-state index in [4.69, 9.17) is 14.1 Å². The van der Waals surface area contributed by atoms with Gasteiger partial charge in [0.25, 0.3) is 10.0 Å². The molecule has 0 aliphatic heterocycles. The molecule has 5 aromatic rings. The molecule has 3 N–H and O–H groups in total. The first kappa shape index (κ1) is 35.9. The van der Waals surface area contributed by atoms with Gasteiger partial charge in [0.05, 0.1) is 28.0 Å². The van der Waals surface area contributed by atoms with Crippen molar-refractivity contribution in [1.29, 1.82) is 0 Å². The highest BCUT2D eigenvalue weighted by Crippen LogP contribution is 2.44. The van der Waals surface area contributed by atoms with Crippen molar-refractivity contribution >= 4 is 33.2 Å². The largest absolute Gasteiger partial charge is 0.478 e. The monoisotopic (exact) mass is 712 g/mol. The number of rotatable bonds is 15. The number of nitrogens with one attached hydrogen (secondary N) is 2. The van der Waals surface area contributed by atoms with E-state index < -0.39 is 16.0 Å². The predicted octanol–water partition coefficient (Wildman–Crippen LogP) is 7.43. The molecule has 2 aromatic carbocycles. The second-order valence-corrected chi connectivity index (χ2v) is 15.7. The molecule has 1 atom stereocenters. The Balaban J connectivity index is 1.26. The summed E-state index contributed by atoms with van der Waals surface area (Å²) in [5.41, 5.74) is 5.39. The summed E-state index contributed by atoms with van der Waals surface area (Å²) in [5, 5.41) is 13.0. The highest BCUT2D eigenvalue weighted by molar-refractivity contribution is 7.92. The zero-order chi connectivity index (χ0) is 36.3. The van der Waals surface area contributed by atoms with Crippen molar-refractivity contribution in [3.05, 3.63) is 88.9 Å². The number of fused-ring (bicyclic) bond motifs is 1. The lowest BCUT2D eigenvalue weighted by molar-refractivity contribution is 0.0696. The van der Waals surface area contributed by atoms with Crippen LogP contribution in [-0.2, 0) is 16.6 Å². The summed E-state index contributed by atoms with van der Waals surface area (Å²) >= 11 is 0. The Bertz CT molecular complexity index is 2140. The summed E-state index contributed by atoms with van der Waals surface area (Å²) in [4.78, 5) is 29.6. The Kier molecular flexibility index (Phi) is 10.4. The standard InChI is InChI=1S/C38H44N6O6S/c1-23(2)32-18-31-35(50-32)40-21-28(41-31)20-39-27(13-16-38(5)14-8-15-38)22-49-33-19-30(34-24(3)9-6-10-25(34)4)42-37(43-33)44-51(47,48)29-12-7-11-26(17-29)36(45)46/h6-7,9-12,17-19,21,23,27,39H,8,13-16,20,22H2,1-5H3,(H,45,46)(H,42,43,44). The topological polar surface area (TPSA) is 169 Å². The molecule has 1 unspecified atom stereocenters. The second kappa shape index (κ2) is 14.8. The fraction of sp³-hybridized carbons (Fsp3) is 0.395. The molecule has 6 rings (SSSR count). The number of anilines is 1. The molecule has 12 nitrogen and oxygen atoms in total. The molecule has 0 radical (unpaired) electrons. The van der Waals surface area contributed by atoms with Gasteiger partial charge in [0, 0.05) is 36.2 Å². The van der Waals surface area contributed by atoms with Crippen molar-refractivity contribution in [2.75, 3.05) is 11.3 Å². The molecule has 3 aromatic heterocycles. The molecule has 1 saturated carbocycles. The van der Waals surface area contributed by atoms with E-state index in [0.29, 0.717) is 23.4 Å². The number of aromatic nitrogens is 4. The summed E-state index contributed by atoms with van der Waals surface area (Å²) in [5.74, 6) is -0.160. The third-order valence-corrected chi connectivity index (χ3v) is 10.9. The number of aryl methyl sites for hydroxylation is 2. The van der Waals surface area contributed by atoms with Crippen LogP contribution in [0.5, 0.6) is 5.88 Å². The average Bonchev–Trinajstić information content (AvgIpc) is 3.51. The van der Waals surface area contributed by atoms with E-state index >= 15 is 0 Å². The molecule has 51 heavy (non-hydrogen) atoms. The number of carboxylic acids is 1. The van der Waals surface area contributed by atoms with Crippen molar-refractivity contribution < 1.29 is 27.5 Å². The van der Waals surface area contributed by atoms with Gasteiger partial charge in [-0.1, -0.05) is 51.5 Å². The van der Waals surface area contributed by atoms with Gasteiger partial charge in [-0.05, 0) is 74.3 Å². The fourth-order valence-electron chi connectivity index (χ4n) is 6.35. The van der Waals surface area contributed by atoms with Crippen LogP contribution in [0.25, 0.3) is 22.5 Å². The van der Waals surface area contributed by atoms with Crippen molar-refractivity contribution in [2.24, 2.45) is 5.41 Å². The van der Waals surface area contributed by atoms with Crippen LogP contribution in [0.15, 0.2) is 70.1 Å². The Morgan fingerprint density at radius 2 is 1.78 bits per heavy atom. The van der Waals surface area contributed by atoms with E-state index in [9.17, 15) is 18.3 Å². The zero-order valence-electron chi connectivity index (χ0n) is 29.6. The van der Waals surface area contributed by atoms with Crippen LogP contribution in [-0.4, -0.2) is 52.1 Å². The third kappa shape index (κ3) is 8.54. The number of sulfonamides is 1. The van der Waals surface area contributed by atoms with Crippen LogP contribution in [0.4, 0.5) is 5.95 Å². The van der Waals surface area contributed by atoms with Gasteiger partial charge in [-0.25, -0.2) is 32.9 Å². The number of hydrogen-bond donors (Lipinski definition) is 3. The number of nitrogens with zero attached hydrogens (tertiary/aromatic N) is 4. The second-order valence-electron chi connectivity index (χ2n) is 14.1. The number of carboxylic acid groups (broad SMARTS) is 1. The highest BCUT2D eigenvalue weighted by atomic mass is 32.2. The first-order chi connectivity index (χ1) is 24.3. The maximum Gasteiger partial charge on any atom is 0.335 e. The van der Waals surface area contributed by atoms with Crippen LogP contribution >= 0.6 is 0 Å². The minimum absolute atomic E-state index is 0.0759. The van der Waals surface area contributed by atoms with E-state index in [2.05, 4.69) is 45.8 Å². The van der Waals surface area contributed by atoms with Crippen LogP contribution in [0.1, 0.15) is 91.7 Å². The molecule has 13 heteroatoms. The Morgan fingerprint density at radius 1 is 1.04 bits per heavy atom. The molecular formula is C38H44N6O6S. The van der Waals surface area contributed by atoms with Crippen molar-refractivity contribution in [3.8, 4) is 17.1 Å². The number of benzene rings is 2. The smallest absolute Gasteiger partial charge is 0.335 e. The molecule has 0 amide bonds. The minimum Gasteiger partial charge on any atom is -0.478 e. The van der Waals surface area contributed by atoms with Gasteiger partial charge in [0.1, 0.15) is 17.9 Å². The molecule has 0 saturated heterocycles. The molecule has 1 aliphatic rings. The zero-order valence-corrected chi connectivity index (χ0v) is 30.4. The van der Waals surface area contributed by atoms with Gasteiger partial charge >= 0.3 is 5.97 Å². The number of furan rings is 1. The molecule has 1 aliphatic carbocycles. The van der Waals surface area contributed by atoms with E-state index in [1.165, 1.54) is 37.5 Å². The van der Waals surface area contributed by atoms with Crippen LogP contribution < -0.4 is 14.8 Å². The Hall–Kier alpha value is -4.88. The van der Waals surface area contributed by atoms with Gasteiger partial charge in [0.2, 0.25) is 17.5 Å². The fourth-order valence-corrected chi connectivity index (χ4v) is 7.34. The predicted molar refractivity (Wildman–Crippen MR) is 194 cm³/mol. The quantitative estimate of drug-likeness (QED) is 0.0987. The van der Waals surface area contributed by atoms with Gasteiger partial charge < -0.3 is 19.6 Å². The molecule has 0 spiro atoms. The van der Waals surface area contributed by atoms with Crippen LogP contribution in [0.3, 0.4) is 0 Å². The van der Waals surface area contributed by atoms with E-state index in [1.807, 2.05) is 38.1 Å². The molecule has 268 valence electrons. The number of hydrogen-bond acceptors (Lipinski definition) is 10. The van der Waals surface area contributed by atoms with Gasteiger partial charge in [-0.3, -0.25) is 0 Å². The lowest BCUT2D eigenvalue weighted by atomic mass is 9.67. The minimum atomic E-state index is -4.24. The summed E-state index contributed by atoms with van der Waals surface area (Å²) in [7, 11) is -4.24. The lowest BCUT2D eigenvalue weighted by Gasteiger charge is -2.39. The summed E-state index contributed by atoms with van der Waals surface area (Å²) < 4.78 is 41.5. The lowest BCUT2D eigenvalue weighted by Crippen LogP contribution is -2.37. The number of ether oxygens (including phenoxy) is 1. The SMILES string of the molecule is Cc1cccc(C)c1-c1cc(OCC(CCC2(C)CCC2)NCc2cnc3oc(C(C)C)cc3n2)nc(NS(=O)(=O)c2cccc(C(=O)O)c2)n1. The number of aromatic carboxylic acids is 1. The molecule has 1 fully saturated rings. The molecular weight excluding hydrogens is 669 g/mol. The molecule has 3 heterocycles. The van der Waals surface area contributed by atoms with Gasteiger partial charge in [0.15, 0.2) is 0 Å². The van der Waals surface area contributed by atoms with Crippen LogP contribution in [0.2, 0.25) is 0 Å². The first-order valence-corrected chi connectivity index (χ1v) is 18.7. The summed E-state index contributed by atoms with van der Waals surface area (Å²) in [6, 6.07) is 14.6. The van der Waals surface area contributed by atoms with Crippen molar-refractivity contribution in [1.82, 2.24) is 25.3 Å². The van der Waals surface area contributed by atoms with Gasteiger partial charge in [-0.15, -0.1) is 0 Å². The summed E-state index contributed by atoms with van der Waals surface area (Å²) in [6.45, 7) is 11.1. The van der Waals surface area contributed by atoms with E-state index in [-0.39, 0.29) is 40.9 Å². The average molecular weight is 713 g/mol. The Labute approximate surface area is 298 Å². The highest BCUT2D eigenvalue weighted by Gasteiger charge is 2.32. The molecule has 0 bridgehead atoms. The Morgan fingerprint density at radius 3 is 2.47 bits per heavy atom.